The third-order valence-electron chi connectivity index (χ3n) is 8.45. The molecule has 2 N–H and O–H groups in total. The van der Waals surface area contributed by atoms with Crippen molar-refractivity contribution in [2.75, 3.05) is 12.5 Å². The molecule has 4 atom stereocenters. The molecule has 3 rings (SSSR count). The molecule has 4 unspecified atom stereocenters. The van der Waals surface area contributed by atoms with Crippen LogP contribution in [0.5, 0.6) is 0 Å². The summed E-state index contributed by atoms with van der Waals surface area (Å²) in [6, 6.07) is 0. The fourth-order valence-corrected chi connectivity index (χ4v) is 7.64. The van der Waals surface area contributed by atoms with Gasteiger partial charge in [-0.2, -0.15) is 8.42 Å². The Labute approximate surface area is 234 Å². The fourth-order valence-electron chi connectivity index (χ4n) is 4.00. The molecule has 2 aliphatic heterocycles. The van der Waals surface area contributed by atoms with Gasteiger partial charge >= 0.3 is 0 Å². The van der Waals surface area contributed by atoms with Crippen molar-refractivity contribution in [2.45, 2.75) is 115 Å². The fraction of sp³-hybridized carbons (Fsp3) is 0.833. The first-order chi connectivity index (χ1) is 17.2. The highest BCUT2D eigenvalue weighted by Gasteiger charge is 2.67. The average molecular weight is 609 g/mol. The lowest BCUT2D eigenvalue weighted by molar-refractivity contribution is -0.0595. The molecule has 1 spiro atoms. The normalized spacial score (nSPS) is 28.3. The summed E-state index contributed by atoms with van der Waals surface area (Å²) >= 11 is 5.87. The topological polar surface area (TPSA) is 128 Å². The lowest BCUT2D eigenvalue weighted by atomic mass is 9.89. The number of ether oxygens (including phenoxy) is 1. The molecule has 3 heterocycles. The Kier molecular flexibility index (Phi) is 8.80. The molecule has 0 aromatic carbocycles. The van der Waals surface area contributed by atoms with E-state index in [4.69, 9.17) is 35.1 Å². The van der Waals surface area contributed by atoms with Gasteiger partial charge in [0.1, 0.15) is 12.2 Å². The number of alkyl halides is 1. The molecule has 0 bridgehead atoms. The van der Waals surface area contributed by atoms with Crippen LogP contribution in [0.3, 0.4) is 0 Å². The Balaban J connectivity index is 2.12. The first-order valence-electron chi connectivity index (χ1n) is 13.0. The Hall–Kier alpha value is -0.806. The van der Waals surface area contributed by atoms with E-state index >= 15 is 0 Å². The van der Waals surface area contributed by atoms with E-state index in [2.05, 4.69) is 78.0 Å². The van der Waals surface area contributed by atoms with E-state index in [0.29, 0.717) is 12.3 Å². The van der Waals surface area contributed by atoms with Crippen molar-refractivity contribution in [3.05, 3.63) is 23.0 Å². The summed E-state index contributed by atoms with van der Waals surface area (Å²) in [5, 5.41) is 9.33. The summed E-state index contributed by atoms with van der Waals surface area (Å²) in [5.41, 5.74) is 5.68. The average Bonchev–Trinajstić information content (AvgIpc) is 3.39. The first-order valence-corrected chi connectivity index (χ1v) is 20.9. The van der Waals surface area contributed by atoms with Crippen molar-refractivity contribution in [3.63, 3.8) is 0 Å². The van der Waals surface area contributed by atoms with Crippen LogP contribution in [-0.2, 0) is 34.3 Å². The summed E-state index contributed by atoms with van der Waals surface area (Å²) in [6.07, 6.45) is 0.579. The standard InChI is InChI=1S/C24H45ClN4O6SSi2/c1-22(2,3)37(7,8)32-15-19-24(18(26)16-36(30,31)35-24)20(34-38(9,10)23(4,5)6)21(33-19)29-14-17(27-28-29)12-11-13-25/h14,16,19-21H,11-13,15,26H2,1-10H3. The van der Waals surface area contributed by atoms with Gasteiger partial charge in [0.2, 0.25) is 0 Å². The van der Waals surface area contributed by atoms with E-state index in [1.54, 1.807) is 10.9 Å². The Morgan fingerprint density at radius 1 is 1.13 bits per heavy atom. The van der Waals surface area contributed by atoms with Gasteiger partial charge in [0, 0.05) is 5.88 Å². The molecule has 0 saturated carbocycles. The zero-order chi connectivity index (χ0) is 28.9. The molecule has 1 aromatic heterocycles. The lowest BCUT2D eigenvalue weighted by Crippen LogP contribution is -2.59. The van der Waals surface area contributed by atoms with Crippen LogP contribution in [0, 0.1) is 0 Å². The number of aryl methyl sites for hydroxylation is 1. The molecule has 0 aliphatic carbocycles. The molecule has 1 saturated heterocycles. The highest BCUT2D eigenvalue weighted by atomic mass is 35.5. The van der Waals surface area contributed by atoms with Crippen molar-refractivity contribution < 1.29 is 26.2 Å². The highest BCUT2D eigenvalue weighted by Crippen LogP contribution is 2.52. The van der Waals surface area contributed by atoms with Crippen molar-refractivity contribution >= 4 is 38.4 Å². The van der Waals surface area contributed by atoms with E-state index in [-0.39, 0.29) is 22.4 Å². The number of halogens is 1. The molecule has 10 nitrogen and oxygen atoms in total. The van der Waals surface area contributed by atoms with Crippen LogP contribution in [0.2, 0.25) is 36.3 Å². The van der Waals surface area contributed by atoms with Gasteiger partial charge in [-0.3, -0.25) is 0 Å². The maximum Gasteiger partial charge on any atom is 0.292 e. The van der Waals surface area contributed by atoms with E-state index in [0.717, 1.165) is 17.5 Å². The van der Waals surface area contributed by atoms with Crippen molar-refractivity contribution in [1.82, 2.24) is 15.0 Å². The monoisotopic (exact) mass is 608 g/mol. The van der Waals surface area contributed by atoms with Gasteiger partial charge in [0.25, 0.3) is 10.1 Å². The summed E-state index contributed by atoms with van der Waals surface area (Å²) in [5.74, 6) is 0.507. The zero-order valence-electron chi connectivity index (χ0n) is 24.4. The molecular weight excluding hydrogens is 564 g/mol. The minimum Gasteiger partial charge on any atom is -0.414 e. The highest BCUT2D eigenvalue weighted by molar-refractivity contribution is 7.90. The number of nitrogens with zero attached hydrogens (tertiary/aromatic N) is 3. The molecule has 1 fully saturated rings. The van der Waals surface area contributed by atoms with E-state index < -0.39 is 50.8 Å². The number of rotatable bonds is 9. The molecule has 1 aromatic rings. The molecule has 38 heavy (non-hydrogen) atoms. The van der Waals surface area contributed by atoms with Gasteiger partial charge in [-0.15, -0.1) is 16.7 Å². The Morgan fingerprint density at radius 2 is 1.74 bits per heavy atom. The second-order valence-electron chi connectivity index (χ2n) is 13.3. The maximum atomic E-state index is 12.8. The number of hydrogen-bond donors (Lipinski definition) is 1. The van der Waals surface area contributed by atoms with E-state index in [1.807, 2.05) is 0 Å². The minimum atomic E-state index is -4.07. The van der Waals surface area contributed by atoms with Gasteiger partial charge in [0.15, 0.2) is 28.5 Å². The SMILES string of the molecule is CC(C)(C)[Si](C)(C)OCC1OC(n2cc(CCCCl)nn2)C(O[Si](C)(C)C(C)(C)C)C12OS(=O)(=O)C=C2N. The van der Waals surface area contributed by atoms with Crippen molar-refractivity contribution in [3.8, 4) is 0 Å². The van der Waals surface area contributed by atoms with Crippen LogP contribution in [0.25, 0.3) is 0 Å². The maximum absolute atomic E-state index is 12.8. The summed E-state index contributed by atoms with van der Waals surface area (Å²) in [4.78, 5) is 0. The number of aromatic nitrogens is 3. The van der Waals surface area contributed by atoms with Crippen molar-refractivity contribution in [2.24, 2.45) is 5.73 Å². The smallest absolute Gasteiger partial charge is 0.292 e. The minimum absolute atomic E-state index is 0.0371. The van der Waals surface area contributed by atoms with Gasteiger partial charge in [0.05, 0.1) is 29.6 Å². The third kappa shape index (κ3) is 6.09. The number of nitrogens with two attached hydrogens (primary N) is 1. The number of hydrogen-bond acceptors (Lipinski definition) is 9. The Bertz CT molecular complexity index is 1150. The second kappa shape index (κ2) is 10.5. The summed E-state index contributed by atoms with van der Waals surface area (Å²) in [6.45, 7) is 21.3. The quantitative estimate of drug-likeness (QED) is 0.242. The molecule has 14 heteroatoms. The van der Waals surface area contributed by atoms with Crippen LogP contribution >= 0.6 is 11.6 Å². The van der Waals surface area contributed by atoms with Gasteiger partial charge < -0.3 is 19.3 Å². The zero-order valence-corrected chi connectivity index (χ0v) is 27.9. The molecular formula is C24H45ClN4O6SSi2. The summed E-state index contributed by atoms with van der Waals surface area (Å²) < 4.78 is 53.1. The lowest BCUT2D eigenvalue weighted by Gasteiger charge is -2.43. The predicted octanol–water partition coefficient (Wildman–Crippen LogP) is 4.66. The van der Waals surface area contributed by atoms with Gasteiger partial charge in [-0.1, -0.05) is 46.8 Å². The molecule has 0 radical (unpaired) electrons. The second-order valence-corrected chi connectivity index (χ2v) is 24.6. The largest absolute Gasteiger partial charge is 0.414 e. The Morgan fingerprint density at radius 3 is 2.24 bits per heavy atom. The van der Waals surface area contributed by atoms with Gasteiger partial charge in [-0.25, -0.2) is 8.86 Å². The van der Waals surface area contributed by atoms with Crippen LogP contribution < -0.4 is 5.73 Å². The van der Waals surface area contributed by atoms with Crippen molar-refractivity contribution in [1.29, 1.82) is 0 Å². The third-order valence-corrected chi connectivity index (χ3v) is 18.7. The molecule has 2 aliphatic rings. The predicted molar refractivity (Wildman–Crippen MR) is 153 cm³/mol. The molecule has 218 valence electrons. The van der Waals surface area contributed by atoms with Crippen LogP contribution in [0.4, 0.5) is 0 Å². The van der Waals surface area contributed by atoms with Crippen LogP contribution in [0.15, 0.2) is 17.3 Å². The molecule has 0 amide bonds. The van der Waals surface area contributed by atoms with Crippen LogP contribution in [0.1, 0.15) is 59.9 Å². The van der Waals surface area contributed by atoms with Gasteiger partial charge in [-0.05, 0) is 49.1 Å². The van der Waals surface area contributed by atoms with E-state index in [1.165, 1.54) is 0 Å². The van der Waals surface area contributed by atoms with Crippen LogP contribution in [-0.4, -0.2) is 70.3 Å². The van der Waals surface area contributed by atoms with E-state index in [9.17, 15) is 8.42 Å². The summed E-state index contributed by atoms with van der Waals surface area (Å²) in [7, 11) is -8.80. The first kappa shape index (κ1) is 31.7.